The molecule has 1 heterocycles. The average molecular weight is 336 g/mol. The van der Waals surface area contributed by atoms with Crippen LogP contribution in [0.15, 0.2) is 22.8 Å². The summed E-state index contributed by atoms with van der Waals surface area (Å²) < 4.78 is 2.40. The van der Waals surface area contributed by atoms with Gasteiger partial charge in [-0.15, -0.1) is 5.10 Å². The standard InChI is InChI=1S/C10H9BrCl2N4/c1-14-4-7-5-17(16-15-7)10-8(12)2-6(11)3-9(10)13/h2-3,5,14H,4H2,1H3. The van der Waals surface area contributed by atoms with E-state index in [0.717, 1.165) is 10.2 Å². The monoisotopic (exact) mass is 334 g/mol. The van der Waals surface area contributed by atoms with Crippen molar-refractivity contribution in [1.29, 1.82) is 0 Å². The highest BCUT2D eigenvalue weighted by Gasteiger charge is 2.11. The number of hydrogen-bond acceptors (Lipinski definition) is 3. The van der Waals surface area contributed by atoms with Crippen LogP contribution in [0.25, 0.3) is 5.69 Å². The number of aromatic nitrogens is 3. The van der Waals surface area contributed by atoms with Gasteiger partial charge in [-0.25, -0.2) is 4.68 Å². The normalized spacial score (nSPS) is 10.8. The molecule has 0 amide bonds. The van der Waals surface area contributed by atoms with Crippen molar-refractivity contribution in [3.8, 4) is 5.69 Å². The van der Waals surface area contributed by atoms with Crippen molar-refractivity contribution in [2.75, 3.05) is 7.05 Å². The molecule has 7 heteroatoms. The molecule has 0 atom stereocenters. The maximum Gasteiger partial charge on any atom is 0.104 e. The summed E-state index contributed by atoms with van der Waals surface area (Å²) in [5.41, 5.74) is 1.45. The Morgan fingerprint density at radius 1 is 1.35 bits per heavy atom. The van der Waals surface area contributed by atoms with E-state index in [1.807, 2.05) is 7.05 Å². The zero-order valence-electron chi connectivity index (χ0n) is 8.91. The van der Waals surface area contributed by atoms with E-state index in [2.05, 4.69) is 31.6 Å². The summed E-state index contributed by atoms with van der Waals surface area (Å²) >= 11 is 15.6. The summed E-state index contributed by atoms with van der Waals surface area (Å²) in [6.45, 7) is 0.645. The minimum atomic E-state index is 0.519. The number of nitrogens with zero attached hydrogens (tertiary/aromatic N) is 3. The SMILES string of the molecule is CNCc1cn(-c2c(Cl)cc(Br)cc2Cl)nn1. The van der Waals surface area contributed by atoms with E-state index in [4.69, 9.17) is 23.2 Å². The van der Waals surface area contributed by atoms with Gasteiger partial charge in [0.2, 0.25) is 0 Å². The Morgan fingerprint density at radius 2 is 2.00 bits per heavy atom. The number of nitrogens with one attached hydrogen (secondary N) is 1. The van der Waals surface area contributed by atoms with Crippen molar-refractivity contribution >= 4 is 39.1 Å². The van der Waals surface area contributed by atoms with Crippen molar-refractivity contribution in [3.05, 3.63) is 38.5 Å². The molecule has 0 unspecified atom stereocenters. The summed E-state index contributed by atoms with van der Waals surface area (Å²) in [5.74, 6) is 0. The molecule has 0 bridgehead atoms. The van der Waals surface area contributed by atoms with Gasteiger partial charge < -0.3 is 5.32 Å². The van der Waals surface area contributed by atoms with Crippen LogP contribution >= 0.6 is 39.1 Å². The van der Waals surface area contributed by atoms with Crippen molar-refractivity contribution in [3.63, 3.8) is 0 Å². The quantitative estimate of drug-likeness (QED) is 0.937. The summed E-state index contributed by atoms with van der Waals surface area (Å²) in [6, 6.07) is 3.53. The van der Waals surface area contributed by atoms with E-state index in [0.29, 0.717) is 22.3 Å². The molecule has 0 saturated carbocycles. The van der Waals surface area contributed by atoms with Gasteiger partial charge in [-0.05, 0) is 19.2 Å². The van der Waals surface area contributed by atoms with E-state index in [9.17, 15) is 0 Å². The third kappa shape index (κ3) is 2.80. The third-order valence-corrected chi connectivity index (χ3v) is 3.14. The fourth-order valence-electron chi connectivity index (χ4n) is 1.42. The molecule has 0 radical (unpaired) electrons. The Morgan fingerprint density at radius 3 is 2.59 bits per heavy atom. The van der Waals surface area contributed by atoms with Crippen LogP contribution in [0.4, 0.5) is 0 Å². The molecule has 0 aliphatic heterocycles. The average Bonchev–Trinajstić information content (AvgIpc) is 2.65. The highest BCUT2D eigenvalue weighted by atomic mass is 79.9. The molecule has 1 aromatic carbocycles. The van der Waals surface area contributed by atoms with Gasteiger partial charge in [0.05, 0.1) is 21.9 Å². The molecule has 1 N–H and O–H groups in total. The van der Waals surface area contributed by atoms with E-state index < -0.39 is 0 Å². The Balaban J connectivity index is 2.45. The van der Waals surface area contributed by atoms with Crippen LogP contribution in [-0.4, -0.2) is 22.0 Å². The lowest BCUT2D eigenvalue weighted by Gasteiger charge is -2.06. The lowest BCUT2D eigenvalue weighted by molar-refractivity contribution is 0.767. The van der Waals surface area contributed by atoms with Crippen LogP contribution in [-0.2, 0) is 6.54 Å². The largest absolute Gasteiger partial charge is 0.314 e. The zero-order chi connectivity index (χ0) is 12.4. The molecule has 4 nitrogen and oxygen atoms in total. The predicted octanol–water partition coefficient (Wildman–Crippen LogP) is 3.06. The summed E-state index contributed by atoms with van der Waals surface area (Å²) in [4.78, 5) is 0. The van der Waals surface area contributed by atoms with Gasteiger partial charge in [-0.3, -0.25) is 0 Å². The molecular weight excluding hydrogens is 327 g/mol. The molecule has 2 aromatic rings. The first kappa shape index (κ1) is 12.8. The Bertz CT molecular complexity index is 518. The van der Waals surface area contributed by atoms with E-state index in [-0.39, 0.29) is 0 Å². The molecule has 0 fully saturated rings. The van der Waals surface area contributed by atoms with Gasteiger partial charge in [0.25, 0.3) is 0 Å². The molecular formula is C10H9BrCl2N4. The smallest absolute Gasteiger partial charge is 0.104 e. The third-order valence-electron chi connectivity index (χ3n) is 2.11. The summed E-state index contributed by atoms with van der Waals surface area (Å²) in [6.07, 6.45) is 1.79. The number of benzene rings is 1. The minimum absolute atomic E-state index is 0.519. The summed E-state index contributed by atoms with van der Waals surface area (Å²) in [7, 11) is 1.85. The lowest BCUT2D eigenvalue weighted by Crippen LogP contribution is -2.05. The van der Waals surface area contributed by atoms with E-state index in [1.165, 1.54) is 0 Å². The molecule has 0 spiro atoms. The highest BCUT2D eigenvalue weighted by molar-refractivity contribution is 9.10. The highest BCUT2D eigenvalue weighted by Crippen LogP contribution is 2.31. The van der Waals surface area contributed by atoms with Gasteiger partial charge in [0, 0.05) is 11.0 Å². The Labute approximate surface area is 117 Å². The van der Waals surface area contributed by atoms with E-state index >= 15 is 0 Å². The molecule has 0 aliphatic rings. The van der Waals surface area contributed by atoms with Crippen LogP contribution in [0.1, 0.15) is 5.69 Å². The topological polar surface area (TPSA) is 42.7 Å². The fourth-order valence-corrected chi connectivity index (χ4v) is 2.80. The maximum atomic E-state index is 6.14. The molecule has 0 saturated heterocycles. The zero-order valence-corrected chi connectivity index (χ0v) is 12.0. The van der Waals surface area contributed by atoms with Crippen molar-refractivity contribution < 1.29 is 0 Å². The maximum absolute atomic E-state index is 6.14. The fraction of sp³-hybridized carbons (Fsp3) is 0.200. The molecule has 90 valence electrons. The Hall–Kier alpha value is -0.620. The van der Waals surface area contributed by atoms with Crippen molar-refractivity contribution in [1.82, 2.24) is 20.3 Å². The second kappa shape index (κ2) is 5.35. The van der Waals surface area contributed by atoms with Crippen molar-refractivity contribution in [2.24, 2.45) is 0 Å². The summed E-state index contributed by atoms with van der Waals surface area (Å²) in [5, 5.41) is 12.0. The molecule has 17 heavy (non-hydrogen) atoms. The van der Waals surface area contributed by atoms with Crippen LogP contribution in [0, 0.1) is 0 Å². The molecule has 2 rings (SSSR count). The minimum Gasteiger partial charge on any atom is -0.314 e. The van der Waals surface area contributed by atoms with Crippen LogP contribution in [0.5, 0.6) is 0 Å². The second-order valence-corrected chi connectivity index (χ2v) is 5.13. The van der Waals surface area contributed by atoms with Crippen LogP contribution in [0.2, 0.25) is 10.0 Å². The lowest BCUT2D eigenvalue weighted by atomic mass is 10.3. The van der Waals surface area contributed by atoms with Crippen molar-refractivity contribution in [2.45, 2.75) is 6.54 Å². The number of rotatable bonds is 3. The van der Waals surface area contributed by atoms with Gasteiger partial charge in [0.1, 0.15) is 5.69 Å². The van der Waals surface area contributed by atoms with Crippen LogP contribution < -0.4 is 5.32 Å². The molecule has 0 aliphatic carbocycles. The second-order valence-electron chi connectivity index (χ2n) is 3.40. The van der Waals surface area contributed by atoms with Gasteiger partial charge >= 0.3 is 0 Å². The van der Waals surface area contributed by atoms with Crippen LogP contribution in [0.3, 0.4) is 0 Å². The van der Waals surface area contributed by atoms with Gasteiger partial charge in [0.15, 0.2) is 0 Å². The number of halogens is 3. The first-order valence-corrected chi connectivity index (χ1v) is 6.37. The number of hydrogen-bond donors (Lipinski definition) is 1. The Kier molecular flexibility index (Phi) is 4.04. The predicted molar refractivity (Wildman–Crippen MR) is 71.8 cm³/mol. The first-order chi connectivity index (χ1) is 8.11. The van der Waals surface area contributed by atoms with E-state index in [1.54, 1.807) is 23.0 Å². The van der Waals surface area contributed by atoms with Gasteiger partial charge in [-0.1, -0.05) is 44.3 Å². The first-order valence-electron chi connectivity index (χ1n) is 4.82. The molecule has 1 aromatic heterocycles. The van der Waals surface area contributed by atoms with Gasteiger partial charge in [-0.2, -0.15) is 0 Å².